The fourth-order valence-electron chi connectivity index (χ4n) is 1.64. The fourth-order valence-corrected chi connectivity index (χ4v) is 1.74. The average molecular weight is 279 g/mol. The minimum atomic E-state index is -0.554. The molecule has 0 atom stereocenters. The summed E-state index contributed by atoms with van der Waals surface area (Å²) in [5, 5.41) is 2.97. The molecular weight excluding hydrogens is 267 g/mol. The number of amides is 1. The molecule has 0 fully saturated rings. The van der Waals surface area contributed by atoms with Crippen molar-refractivity contribution in [2.75, 3.05) is 5.32 Å². The van der Waals surface area contributed by atoms with Crippen LogP contribution in [0, 0.1) is 19.7 Å². The number of aryl methyl sites for hydroxylation is 2. The molecule has 1 N–H and O–H groups in total. The highest BCUT2D eigenvalue weighted by molar-refractivity contribution is 6.30. The van der Waals surface area contributed by atoms with Crippen LogP contribution < -0.4 is 5.32 Å². The molecule has 0 aliphatic rings. The predicted molar refractivity (Wildman–Crippen MR) is 73.1 cm³/mol. The number of aromatic nitrogens is 1. The first-order valence-corrected chi connectivity index (χ1v) is 6.05. The van der Waals surface area contributed by atoms with E-state index in [0.717, 1.165) is 11.1 Å². The van der Waals surface area contributed by atoms with Crippen LogP contribution in [0.15, 0.2) is 30.5 Å². The zero-order valence-electron chi connectivity index (χ0n) is 10.5. The molecule has 0 saturated heterocycles. The number of carbonyl (C=O) groups excluding carboxylic acids is 1. The van der Waals surface area contributed by atoms with E-state index in [9.17, 15) is 9.18 Å². The van der Waals surface area contributed by atoms with E-state index in [4.69, 9.17) is 11.6 Å². The quantitative estimate of drug-likeness (QED) is 0.850. The molecule has 98 valence electrons. The zero-order valence-corrected chi connectivity index (χ0v) is 11.3. The summed E-state index contributed by atoms with van der Waals surface area (Å²) in [7, 11) is 0. The molecule has 2 rings (SSSR count). The van der Waals surface area contributed by atoms with Crippen LogP contribution in [0.2, 0.25) is 5.15 Å². The van der Waals surface area contributed by atoms with Gasteiger partial charge in [-0.05, 0) is 37.6 Å². The molecule has 1 heterocycles. The van der Waals surface area contributed by atoms with Gasteiger partial charge in [-0.3, -0.25) is 4.79 Å². The third-order valence-electron chi connectivity index (χ3n) is 2.64. The molecule has 2 aromatic rings. The van der Waals surface area contributed by atoms with Gasteiger partial charge in [0, 0.05) is 0 Å². The van der Waals surface area contributed by atoms with Crippen molar-refractivity contribution in [2.24, 2.45) is 0 Å². The molecule has 0 aliphatic heterocycles. The number of rotatable bonds is 2. The van der Waals surface area contributed by atoms with Crippen molar-refractivity contribution in [3.8, 4) is 0 Å². The van der Waals surface area contributed by atoms with Crippen LogP contribution in [0.5, 0.6) is 0 Å². The molecule has 1 aromatic carbocycles. The molecule has 0 radical (unpaired) electrons. The Balaban J connectivity index is 2.25. The van der Waals surface area contributed by atoms with Crippen LogP contribution in [0.4, 0.5) is 10.1 Å². The first-order valence-electron chi connectivity index (χ1n) is 5.67. The number of benzene rings is 1. The molecule has 3 nitrogen and oxygen atoms in total. The third kappa shape index (κ3) is 3.09. The van der Waals surface area contributed by atoms with E-state index in [0.29, 0.717) is 10.8 Å². The van der Waals surface area contributed by atoms with Crippen LogP contribution in [0.1, 0.15) is 21.5 Å². The summed E-state index contributed by atoms with van der Waals surface area (Å²) >= 11 is 5.80. The maximum absolute atomic E-state index is 13.6. The SMILES string of the molecule is Cc1ccc(F)c(C(=O)Nc2cnc(Cl)c(C)c2)c1. The van der Waals surface area contributed by atoms with E-state index in [1.165, 1.54) is 18.3 Å². The number of pyridine rings is 1. The molecule has 0 aliphatic carbocycles. The van der Waals surface area contributed by atoms with Gasteiger partial charge >= 0.3 is 0 Å². The summed E-state index contributed by atoms with van der Waals surface area (Å²) in [5.74, 6) is -1.06. The molecule has 0 spiro atoms. The van der Waals surface area contributed by atoms with Gasteiger partial charge in [-0.15, -0.1) is 0 Å². The second kappa shape index (κ2) is 5.36. The molecule has 19 heavy (non-hydrogen) atoms. The van der Waals surface area contributed by atoms with E-state index in [2.05, 4.69) is 10.3 Å². The second-order valence-electron chi connectivity index (χ2n) is 4.27. The van der Waals surface area contributed by atoms with Gasteiger partial charge in [0.2, 0.25) is 0 Å². The number of halogens is 2. The summed E-state index contributed by atoms with van der Waals surface area (Å²) in [4.78, 5) is 15.9. The van der Waals surface area contributed by atoms with Crippen molar-refractivity contribution >= 4 is 23.2 Å². The van der Waals surface area contributed by atoms with E-state index >= 15 is 0 Å². The van der Waals surface area contributed by atoms with Gasteiger partial charge in [0.15, 0.2) is 0 Å². The zero-order chi connectivity index (χ0) is 14.0. The van der Waals surface area contributed by atoms with E-state index in [1.54, 1.807) is 26.0 Å². The standard InChI is InChI=1S/C14H12ClFN2O/c1-8-3-4-12(16)11(5-8)14(19)18-10-6-9(2)13(15)17-7-10/h3-7H,1-2H3,(H,18,19). The Labute approximate surface area is 115 Å². The summed E-state index contributed by atoms with van der Waals surface area (Å²) < 4.78 is 13.6. The van der Waals surface area contributed by atoms with Gasteiger partial charge in [-0.2, -0.15) is 0 Å². The fraction of sp³-hybridized carbons (Fsp3) is 0.143. The number of hydrogen-bond donors (Lipinski definition) is 1. The van der Waals surface area contributed by atoms with Crippen LogP contribution in [-0.2, 0) is 0 Å². The van der Waals surface area contributed by atoms with Gasteiger partial charge in [-0.1, -0.05) is 23.2 Å². The number of nitrogens with one attached hydrogen (secondary N) is 1. The summed E-state index contributed by atoms with van der Waals surface area (Å²) in [6.07, 6.45) is 1.43. The highest BCUT2D eigenvalue weighted by Gasteiger charge is 2.12. The smallest absolute Gasteiger partial charge is 0.258 e. The number of hydrogen-bond acceptors (Lipinski definition) is 2. The van der Waals surface area contributed by atoms with Crippen molar-refractivity contribution in [2.45, 2.75) is 13.8 Å². The average Bonchev–Trinajstić information content (AvgIpc) is 2.36. The normalized spacial score (nSPS) is 10.3. The predicted octanol–water partition coefficient (Wildman–Crippen LogP) is 3.74. The Bertz CT molecular complexity index is 643. The maximum Gasteiger partial charge on any atom is 0.258 e. The van der Waals surface area contributed by atoms with E-state index < -0.39 is 11.7 Å². The monoisotopic (exact) mass is 278 g/mol. The summed E-state index contributed by atoms with van der Waals surface area (Å²) in [6, 6.07) is 6.07. The molecule has 0 bridgehead atoms. The lowest BCUT2D eigenvalue weighted by molar-refractivity contribution is 0.102. The largest absolute Gasteiger partial charge is 0.320 e. The minimum absolute atomic E-state index is 0.00704. The Morgan fingerprint density at radius 3 is 2.74 bits per heavy atom. The van der Waals surface area contributed by atoms with Gasteiger partial charge in [-0.25, -0.2) is 9.37 Å². The van der Waals surface area contributed by atoms with Crippen LogP contribution in [0.3, 0.4) is 0 Å². The molecule has 0 saturated carbocycles. The topological polar surface area (TPSA) is 42.0 Å². The first kappa shape index (κ1) is 13.5. The highest BCUT2D eigenvalue weighted by Crippen LogP contribution is 2.18. The molecule has 0 unspecified atom stereocenters. The number of nitrogens with zero attached hydrogens (tertiary/aromatic N) is 1. The number of carbonyl (C=O) groups is 1. The molecule has 1 aromatic heterocycles. The van der Waals surface area contributed by atoms with Crippen molar-refractivity contribution in [1.29, 1.82) is 0 Å². The highest BCUT2D eigenvalue weighted by atomic mass is 35.5. The lowest BCUT2D eigenvalue weighted by Gasteiger charge is -2.07. The van der Waals surface area contributed by atoms with Gasteiger partial charge in [0.25, 0.3) is 5.91 Å². The molecule has 1 amide bonds. The number of anilines is 1. The lowest BCUT2D eigenvalue weighted by atomic mass is 10.1. The lowest BCUT2D eigenvalue weighted by Crippen LogP contribution is -2.14. The minimum Gasteiger partial charge on any atom is -0.320 e. The van der Waals surface area contributed by atoms with Gasteiger partial charge in [0.1, 0.15) is 11.0 Å². The molecule has 5 heteroatoms. The van der Waals surface area contributed by atoms with Gasteiger partial charge < -0.3 is 5.32 Å². The maximum atomic E-state index is 13.6. The Morgan fingerprint density at radius 2 is 2.05 bits per heavy atom. The van der Waals surface area contributed by atoms with Gasteiger partial charge in [0.05, 0.1) is 17.4 Å². The third-order valence-corrected chi connectivity index (χ3v) is 3.03. The van der Waals surface area contributed by atoms with Crippen LogP contribution in [-0.4, -0.2) is 10.9 Å². The Morgan fingerprint density at radius 1 is 1.32 bits per heavy atom. The second-order valence-corrected chi connectivity index (χ2v) is 4.63. The van der Waals surface area contributed by atoms with Crippen LogP contribution in [0.25, 0.3) is 0 Å². The Hall–Kier alpha value is -1.94. The Kier molecular flexibility index (Phi) is 3.81. The van der Waals surface area contributed by atoms with E-state index in [1.807, 2.05) is 0 Å². The first-order chi connectivity index (χ1) is 8.97. The van der Waals surface area contributed by atoms with Crippen molar-refractivity contribution in [3.63, 3.8) is 0 Å². The summed E-state index contributed by atoms with van der Waals surface area (Å²) in [5.41, 5.74) is 2.04. The van der Waals surface area contributed by atoms with Crippen LogP contribution >= 0.6 is 11.6 Å². The molecular formula is C14H12ClFN2O. The van der Waals surface area contributed by atoms with Crippen molar-refractivity contribution in [3.05, 3.63) is 58.1 Å². The summed E-state index contributed by atoms with van der Waals surface area (Å²) in [6.45, 7) is 3.57. The van der Waals surface area contributed by atoms with E-state index in [-0.39, 0.29) is 5.56 Å². The van der Waals surface area contributed by atoms with Crippen molar-refractivity contribution in [1.82, 2.24) is 4.98 Å². The van der Waals surface area contributed by atoms with Crippen molar-refractivity contribution < 1.29 is 9.18 Å².